The van der Waals surface area contributed by atoms with E-state index in [1.807, 2.05) is 22.9 Å². The van der Waals surface area contributed by atoms with Gasteiger partial charge in [-0.1, -0.05) is 11.6 Å². The molecule has 0 bridgehead atoms. The van der Waals surface area contributed by atoms with Crippen molar-refractivity contribution < 1.29 is 0 Å². The molecule has 0 aliphatic carbocycles. The highest BCUT2D eigenvalue weighted by atomic mass is 35.5. The van der Waals surface area contributed by atoms with Crippen LogP contribution in [0.2, 0.25) is 5.02 Å². The number of hydrogen-bond donors (Lipinski definition) is 1. The van der Waals surface area contributed by atoms with Crippen LogP contribution in [0.5, 0.6) is 0 Å². The number of anilines is 1. The summed E-state index contributed by atoms with van der Waals surface area (Å²) in [6, 6.07) is 9.32. The first-order valence-corrected chi connectivity index (χ1v) is 5.51. The van der Waals surface area contributed by atoms with Crippen molar-refractivity contribution in [3.63, 3.8) is 0 Å². The number of halogens is 1. The van der Waals surface area contributed by atoms with Crippen LogP contribution in [0.15, 0.2) is 30.5 Å². The summed E-state index contributed by atoms with van der Waals surface area (Å²) in [7, 11) is 1.80. The van der Waals surface area contributed by atoms with Crippen LogP contribution < -0.4 is 5.32 Å². The minimum atomic E-state index is 0.490. The van der Waals surface area contributed by atoms with Crippen molar-refractivity contribution in [3.05, 3.63) is 46.9 Å². The number of nitriles is 1. The number of nitrogens with one attached hydrogen (secondary N) is 1. The van der Waals surface area contributed by atoms with Crippen LogP contribution in [0, 0.1) is 11.3 Å². The van der Waals surface area contributed by atoms with Gasteiger partial charge in [-0.2, -0.15) is 5.26 Å². The van der Waals surface area contributed by atoms with Crippen molar-refractivity contribution in [2.75, 3.05) is 12.4 Å². The van der Waals surface area contributed by atoms with E-state index in [2.05, 4.69) is 16.4 Å². The second kappa shape index (κ2) is 4.89. The van der Waals surface area contributed by atoms with Gasteiger partial charge in [0.05, 0.1) is 17.3 Å². The van der Waals surface area contributed by atoms with Gasteiger partial charge in [-0.3, -0.25) is 0 Å². The first-order valence-electron chi connectivity index (χ1n) is 5.13. The van der Waals surface area contributed by atoms with Gasteiger partial charge < -0.3 is 9.88 Å². The van der Waals surface area contributed by atoms with Crippen LogP contribution in [0.3, 0.4) is 0 Å². The van der Waals surface area contributed by atoms with E-state index in [1.54, 1.807) is 19.2 Å². The number of nitrogens with zero attached hydrogens (tertiary/aromatic N) is 3. The maximum Gasteiger partial charge on any atom is 0.126 e. The Kier molecular flexibility index (Phi) is 3.31. The summed E-state index contributed by atoms with van der Waals surface area (Å²) >= 11 is 6.08. The molecule has 0 unspecified atom stereocenters. The molecular weight excluding hydrogens is 236 g/mol. The lowest BCUT2D eigenvalue weighted by molar-refractivity contribution is 0.771. The Balaban J connectivity index is 2.33. The maximum atomic E-state index is 8.92. The number of aromatic nitrogens is 2. The normalized spacial score (nSPS) is 9.94. The van der Waals surface area contributed by atoms with Crippen LogP contribution in [-0.2, 0) is 6.54 Å². The molecule has 0 amide bonds. The molecule has 0 fully saturated rings. The first kappa shape index (κ1) is 11.5. The van der Waals surface area contributed by atoms with Gasteiger partial charge in [0, 0.05) is 13.2 Å². The van der Waals surface area contributed by atoms with Gasteiger partial charge >= 0.3 is 0 Å². The molecule has 0 saturated carbocycles. The SMILES string of the molecule is CNc1ccc(Cl)c(Cn2cccc2C#N)n1. The van der Waals surface area contributed by atoms with E-state index in [1.165, 1.54) is 0 Å². The van der Waals surface area contributed by atoms with E-state index in [9.17, 15) is 0 Å². The van der Waals surface area contributed by atoms with Gasteiger partial charge in [0.15, 0.2) is 0 Å². The summed E-state index contributed by atoms with van der Waals surface area (Å²) in [4.78, 5) is 4.37. The molecular formula is C12H11ClN4. The second-order valence-corrected chi connectivity index (χ2v) is 3.92. The van der Waals surface area contributed by atoms with E-state index in [4.69, 9.17) is 16.9 Å². The summed E-state index contributed by atoms with van der Waals surface area (Å²) in [5.74, 6) is 0.759. The molecule has 0 spiro atoms. The summed E-state index contributed by atoms with van der Waals surface area (Å²) in [5.41, 5.74) is 1.34. The van der Waals surface area contributed by atoms with E-state index < -0.39 is 0 Å². The van der Waals surface area contributed by atoms with Crippen molar-refractivity contribution in [1.29, 1.82) is 5.26 Å². The molecule has 0 radical (unpaired) electrons. The Morgan fingerprint density at radius 2 is 2.29 bits per heavy atom. The number of rotatable bonds is 3. The molecule has 2 rings (SSSR count). The van der Waals surface area contributed by atoms with Crippen molar-refractivity contribution >= 4 is 17.4 Å². The zero-order valence-corrected chi connectivity index (χ0v) is 10.1. The van der Waals surface area contributed by atoms with Gasteiger partial charge in [0.2, 0.25) is 0 Å². The molecule has 2 aromatic rings. The molecule has 0 aromatic carbocycles. The fourth-order valence-corrected chi connectivity index (χ4v) is 1.71. The highest BCUT2D eigenvalue weighted by Crippen LogP contribution is 2.18. The van der Waals surface area contributed by atoms with Gasteiger partial charge in [0.25, 0.3) is 0 Å². The predicted molar refractivity (Wildman–Crippen MR) is 67.0 cm³/mol. The summed E-state index contributed by atoms with van der Waals surface area (Å²) in [5, 5.41) is 12.5. The lowest BCUT2D eigenvalue weighted by Crippen LogP contribution is -2.05. The molecule has 2 heterocycles. The van der Waals surface area contributed by atoms with E-state index in [-0.39, 0.29) is 0 Å². The van der Waals surface area contributed by atoms with Crippen molar-refractivity contribution in [2.24, 2.45) is 0 Å². The van der Waals surface area contributed by atoms with Gasteiger partial charge in [-0.15, -0.1) is 0 Å². The minimum Gasteiger partial charge on any atom is -0.373 e. The molecule has 2 aromatic heterocycles. The largest absolute Gasteiger partial charge is 0.373 e. The van der Waals surface area contributed by atoms with Crippen molar-refractivity contribution in [3.8, 4) is 6.07 Å². The van der Waals surface area contributed by atoms with Crippen LogP contribution in [0.4, 0.5) is 5.82 Å². The van der Waals surface area contributed by atoms with Crippen molar-refractivity contribution in [2.45, 2.75) is 6.54 Å². The molecule has 0 saturated heterocycles. The monoisotopic (exact) mass is 246 g/mol. The Morgan fingerprint density at radius 3 is 3.00 bits per heavy atom. The zero-order valence-electron chi connectivity index (χ0n) is 9.31. The van der Waals surface area contributed by atoms with Crippen LogP contribution in [-0.4, -0.2) is 16.6 Å². The quantitative estimate of drug-likeness (QED) is 0.905. The topological polar surface area (TPSA) is 53.6 Å². The summed E-state index contributed by atoms with van der Waals surface area (Å²) in [6.07, 6.45) is 1.84. The molecule has 4 nitrogen and oxygen atoms in total. The minimum absolute atomic E-state index is 0.490. The zero-order chi connectivity index (χ0) is 12.3. The average molecular weight is 247 g/mol. The first-order chi connectivity index (χ1) is 8.24. The fourth-order valence-electron chi connectivity index (χ4n) is 1.55. The number of hydrogen-bond acceptors (Lipinski definition) is 3. The van der Waals surface area contributed by atoms with Gasteiger partial charge in [-0.05, 0) is 24.3 Å². The fraction of sp³-hybridized carbons (Fsp3) is 0.167. The van der Waals surface area contributed by atoms with Gasteiger partial charge in [-0.25, -0.2) is 4.98 Å². The highest BCUT2D eigenvalue weighted by Gasteiger charge is 2.06. The predicted octanol–water partition coefficient (Wildman–Crippen LogP) is 2.50. The Morgan fingerprint density at radius 1 is 1.47 bits per heavy atom. The Hall–Kier alpha value is -1.99. The molecule has 17 heavy (non-hydrogen) atoms. The lowest BCUT2D eigenvalue weighted by Gasteiger charge is -2.08. The smallest absolute Gasteiger partial charge is 0.126 e. The molecule has 86 valence electrons. The molecule has 5 heteroatoms. The average Bonchev–Trinajstić information content (AvgIpc) is 2.79. The molecule has 1 N–H and O–H groups in total. The molecule has 0 aliphatic heterocycles. The Bertz CT molecular complexity index is 568. The molecule has 0 aliphatic rings. The highest BCUT2D eigenvalue weighted by molar-refractivity contribution is 6.31. The third-order valence-electron chi connectivity index (χ3n) is 2.44. The van der Waals surface area contributed by atoms with Crippen LogP contribution in [0.25, 0.3) is 0 Å². The van der Waals surface area contributed by atoms with E-state index in [0.29, 0.717) is 17.3 Å². The third-order valence-corrected chi connectivity index (χ3v) is 2.78. The summed E-state index contributed by atoms with van der Waals surface area (Å²) in [6.45, 7) is 0.490. The molecule has 0 atom stereocenters. The Labute approximate surface area is 104 Å². The van der Waals surface area contributed by atoms with Gasteiger partial charge in [0.1, 0.15) is 17.6 Å². The third kappa shape index (κ3) is 2.40. The maximum absolute atomic E-state index is 8.92. The summed E-state index contributed by atoms with van der Waals surface area (Å²) < 4.78 is 1.81. The lowest BCUT2D eigenvalue weighted by atomic mass is 10.3. The van der Waals surface area contributed by atoms with Crippen LogP contribution >= 0.6 is 11.6 Å². The second-order valence-electron chi connectivity index (χ2n) is 3.51. The van der Waals surface area contributed by atoms with Crippen molar-refractivity contribution in [1.82, 2.24) is 9.55 Å². The van der Waals surface area contributed by atoms with Crippen LogP contribution in [0.1, 0.15) is 11.4 Å². The van der Waals surface area contributed by atoms with E-state index >= 15 is 0 Å². The standard InChI is InChI=1S/C12H11ClN4/c1-15-12-5-4-10(13)11(16-12)8-17-6-2-3-9(17)7-14/h2-6H,8H2,1H3,(H,15,16). The number of pyridine rings is 1. The van der Waals surface area contributed by atoms with E-state index in [0.717, 1.165) is 11.5 Å².